The maximum atomic E-state index is 12.2. The number of carbonyl (C=O) groups excluding carboxylic acids is 1. The predicted octanol–water partition coefficient (Wildman–Crippen LogP) is 3.36. The molecule has 0 bridgehead atoms. The van der Waals surface area contributed by atoms with Crippen molar-refractivity contribution in [3.8, 4) is 5.88 Å². The minimum atomic E-state index is -0.448. The molecule has 1 N–H and O–H groups in total. The number of rotatable bonds is 5. The molecule has 1 heterocycles. The number of pyridine rings is 1. The van der Waals surface area contributed by atoms with E-state index < -0.39 is 5.60 Å². The predicted molar refractivity (Wildman–Crippen MR) is 97.7 cm³/mol. The van der Waals surface area contributed by atoms with Crippen molar-refractivity contribution >= 4 is 6.09 Å². The highest BCUT2D eigenvalue weighted by molar-refractivity contribution is 5.68. The fraction of sp³-hybridized carbons (Fsp3) is 0.684. The fourth-order valence-corrected chi connectivity index (χ4v) is 3.05. The maximum Gasteiger partial charge on any atom is 0.410 e. The van der Waals surface area contributed by atoms with Gasteiger partial charge in [0.25, 0.3) is 0 Å². The van der Waals surface area contributed by atoms with Gasteiger partial charge in [-0.2, -0.15) is 0 Å². The van der Waals surface area contributed by atoms with Crippen LogP contribution in [0.25, 0.3) is 0 Å². The highest BCUT2D eigenvalue weighted by Gasteiger charge is 2.29. The Balaban J connectivity index is 1.74. The molecule has 1 aromatic rings. The van der Waals surface area contributed by atoms with Gasteiger partial charge in [0.1, 0.15) is 5.60 Å². The fourth-order valence-electron chi connectivity index (χ4n) is 3.05. The van der Waals surface area contributed by atoms with Crippen LogP contribution in [0, 0.1) is 0 Å². The zero-order valence-corrected chi connectivity index (χ0v) is 16.0. The molecule has 0 saturated heterocycles. The smallest absolute Gasteiger partial charge is 0.410 e. The lowest BCUT2D eigenvalue weighted by Gasteiger charge is -2.35. The van der Waals surface area contributed by atoms with Gasteiger partial charge >= 0.3 is 6.09 Å². The number of amides is 1. The van der Waals surface area contributed by atoms with E-state index in [0.717, 1.165) is 37.8 Å². The summed E-state index contributed by atoms with van der Waals surface area (Å²) in [6.45, 7) is 6.49. The van der Waals surface area contributed by atoms with Gasteiger partial charge in [0.15, 0.2) is 0 Å². The van der Waals surface area contributed by atoms with Gasteiger partial charge in [0, 0.05) is 37.9 Å². The second-order valence-electron chi connectivity index (χ2n) is 7.69. The lowest BCUT2D eigenvalue weighted by molar-refractivity contribution is 0.0179. The molecule has 0 spiro atoms. The summed E-state index contributed by atoms with van der Waals surface area (Å²) in [6, 6.07) is 4.64. The molecule has 140 valence electrons. The zero-order chi connectivity index (χ0) is 18.4. The third-order valence-electron chi connectivity index (χ3n) is 4.53. The molecule has 1 amide bonds. The Morgan fingerprint density at radius 2 is 1.96 bits per heavy atom. The first-order valence-electron chi connectivity index (χ1n) is 8.96. The summed E-state index contributed by atoms with van der Waals surface area (Å²) in [4.78, 5) is 18.2. The number of nitrogens with zero attached hydrogens (tertiary/aromatic N) is 2. The molecule has 0 atom stereocenters. The highest BCUT2D eigenvalue weighted by Crippen LogP contribution is 2.24. The Hall–Kier alpha value is -1.82. The number of hydrogen-bond donors (Lipinski definition) is 1. The van der Waals surface area contributed by atoms with E-state index in [9.17, 15) is 4.79 Å². The topological polar surface area (TPSA) is 63.7 Å². The Bertz CT molecular complexity index is 546. The molecule has 6 heteroatoms. The summed E-state index contributed by atoms with van der Waals surface area (Å²) < 4.78 is 10.5. The normalized spacial score (nSPS) is 20.8. The van der Waals surface area contributed by atoms with Gasteiger partial charge in [-0.05, 0) is 52.0 Å². The summed E-state index contributed by atoms with van der Waals surface area (Å²) in [5.41, 5.74) is 0.699. The Morgan fingerprint density at radius 1 is 1.28 bits per heavy atom. The van der Waals surface area contributed by atoms with Crippen molar-refractivity contribution in [2.75, 3.05) is 14.2 Å². The van der Waals surface area contributed by atoms with E-state index >= 15 is 0 Å². The summed E-state index contributed by atoms with van der Waals surface area (Å²) >= 11 is 0. The molecule has 0 aliphatic heterocycles. The molecule has 0 radical (unpaired) electrons. The number of nitrogens with one attached hydrogen (secondary N) is 1. The second-order valence-corrected chi connectivity index (χ2v) is 7.69. The van der Waals surface area contributed by atoms with Gasteiger partial charge in [-0.25, -0.2) is 9.78 Å². The number of ether oxygens (including phenoxy) is 2. The average Bonchev–Trinajstić information content (AvgIpc) is 2.58. The molecule has 2 rings (SSSR count). The minimum Gasteiger partial charge on any atom is -0.481 e. The van der Waals surface area contributed by atoms with Gasteiger partial charge in [0.2, 0.25) is 5.88 Å². The highest BCUT2D eigenvalue weighted by atomic mass is 16.6. The Morgan fingerprint density at radius 3 is 2.48 bits per heavy atom. The third kappa shape index (κ3) is 6.20. The van der Waals surface area contributed by atoms with Crippen LogP contribution in [0.1, 0.15) is 52.0 Å². The van der Waals surface area contributed by atoms with Crippen LogP contribution in [-0.4, -0.2) is 47.8 Å². The van der Waals surface area contributed by atoms with E-state index in [0.29, 0.717) is 11.9 Å². The van der Waals surface area contributed by atoms with E-state index in [4.69, 9.17) is 9.47 Å². The first-order valence-corrected chi connectivity index (χ1v) is 8.96. The molecule has 1 saturated carbocycles. The number of methoxy groups -OCH3 is 1. The Kier molecular flexibility index (Phi) is 6.64. The number of aromatic nitrogens is 1. The average molecular weight is 349 g/mol. The van der Waals surface area contributed by atoms with Gasteiger partial charge in [-0.1, -0.05) is 6.07 Å². The van der Waals surface area contributed by atoms with E-state index in [-0.39, 0.29) is 12.1 Å². The van der Waals surface area contributed by atoms with E-state index in [1.165, 1.54) is 0 Å². The molecule has 1 aromatic heterocycles. The van der Waals surface area contributed by atoms with Crippen molar-refractivity contribution in [1.29, 1.82) is 0 Å². The summed E-state index contributed by atoms with van der Waals surface area (Å²) in [7, 11) is 3.46. The lowest BCUT2D eigenvalue weighted by Crippen LogP contribution is -2.44. The molecule has 1 fully saturated rings. The molecule has 25 heavy (non-hydrogen) atoms. The van der Waals surface area contributed by atoms with Crippen molar-refractivity contribution in [1.82, 2.24) is 15.2 Å². The summed E-state index contributed by atoms with van der Waals surface area (Å²) in [5.74, 6) is 0.634. The van der Waals surface area contributed by atoms with Gasteiger partial charge < -0.3 is 19.7 Å². The van der Waals surface area contributed by atoms with Crippen molar-refractivity contribution in [2.45, 2.75) is 70.7 Å². The lowest BCUT2D eigenvalue weighted by atomic mass is 9.90. The van der Waals surface area contributed by atoms with E-state index in [2.05, 4.69) is 10.3 Å². The molecule has 0 aromatic carbocycles. The van der Waals surface area contributed by atoms with Crippen LogP contribution in [-0.2, 0) is 11.3 Å². The molecule has 6 nitrogen and oxygen atoms in total. The van der Waals surface area contributed by atoms with Gasteiger partial charge in [-0.3, -0.25) is 0 Å². The van der Waals surface area contributed by atoms with Gasteiger partial charge in [0.05, 0.1) is 7.11 Å². The SMILES string of the molecule is COc1ccc(CNC2CCC(N(C)C(=O)OC(C)(C)C)CC2)cn1. The van der Waals surface area contributed by atoms with Crippen LogP contribution >= 0.6 is 0 Å². The van der Waals surface area contributed by atoms with Gasteiger partial charge in [-0.15, -0.1) is 0 Å². The first-order chi connectivity index (χ1) is 11.8. The first kappa shape index (κ1) is 19.5. The third-order valence-corrected chi connectivity index (χ3v) is 4.53. The van der Waals surface area contributed by atoms with Crippen LogP contribution < -0.4 is 10.1 Å². The minimum absolute atomic E-state index is 0.229. The maximum absolute atomic E-state index is 12.2. The standard InChI is InChI=1S/C19H31N3O3/c1-19(2,3)25-18(23)22(4)16-9-7-15(8-10-16)20-12-14-6-11-17(24-5)21-13-14/h6,11,13,15-16,20H,7-10,12H2,1-5H3. The van der Waals surface area contributed by atoms with Crippen molar-refractivity contribution in [3.05, 3.63) is 23.9 Å². The molecule has 1 aliphatic rings. The Labute approximate surface area is 150 Å². The molecule has 1 aliphatic carbocycles. The zero-order valence-electron chi connectivity index (χ0n) is 16.0. The van der Waals surface area contributed by atoms with E-state index in [1.54, 1.807) is 12.0 Å². The van der Waals surface area contributed by atoms with E-state index in [1.807, 2.05) is 46.1 Å². The van der Waals surface area contributed by atoms with Crippen molar-refractivity contribution < 1.29 is 14.3 Å². The van der Waals surface area contributed by atoms with Crippen molar-refractivity contribution in [2.24, 2.45) is 0 Å². The monoisotopic (exact) mass is 349 g/mol. The van der Waals surface area contributed by atoms with Crippen LogP contribution in [0.4, 0.5) is 4.79 Å². The van der Waals surface area contributed by atoms with Crippen LogP contribution in [0.5, 0.6) is 5.88 Å². The molecule has 0 unspecified atom stereocenters. The number of carbonyl (C=O) groups is 1. The van der Waals surface area contributed by atoms with Crippen molar-refractivity contribution in [3.63, 3.8) is 0 Å². The van der Waals surface area contributed by atoms with Crippen LogP contribution in [0.2, 0.25) is 0 Å². The molecular weight excluding hydrogens is 318 g/mol. The summed E-state index contributed by atoms with van der Waals surface area (Å²) in [5, 5.41) is 3.59. The quantitative estimate of drug-likeness (QED) is 0.883. The van der Waals surface area contributed by atoms with Crippen LogP contribution in [0.15, 0.2) is 18.3 Å². The second kappa shape index (κ2) is 8.52. The number of hydrogen-bond acceptors (Lipinski definition) is 5. The van der Waals surface area contributed by atoms with Crippen LogP contribution in [0.3, 0.4) is 0 Å². The largest absolute Gasteiger partial charge is 0.481 e. The summed E-state index contributed by atoms with van der Waals surface area (Å²) in [6.07, 6.45) is 5.72. The molecular formula is C19H31N3O3.